The maximum atomic E-state index is 12.8. The number of anilines is 2. The summed E-state index contributed by atoms with van der Waals surface area (Å²) in [6, 6.07) is 11.8. The van der Waals surface area contributed by atoms with E-state index in [0.29, 0.717) is 28.5 Å². The van der Waals surface area contributed by atoms with E-state index in [4.69, 9.17) is 17.3 Å². The molecule has 0 fully saturated rings. The number of benzene rings is 2. The maximum absolute atomic E-state index is 12.8. The van der Waals surface area contributed by atoms with Gasteiger partial charge >= 0.3 is 0 Å². The van der Waals surface area contributed by atoms with Gasteiger partial charge in [0.05, 0.1) is 10.6 Å². The van der Waals surface area contributed by atoms with Crippen LogP contribution < -0.4 is 10.0 Å². The third-order valence-corrected chi connectivity index (χ3v) is 5.55. The Morgan fingerprint density at radius 1 is 1.19 bits per heavy atom. The van der Waals surface area contributed by atoms with Gasteiger partial charge in [0, 0.05) is 17.3 Å². The van der Waals surface area contributed by atoms with Gasteiger partial charge in [-0.05, 0) is 43.7 Å². The molecule has 2 N–H and O–H groups in total. The first-order valence-electron chi connectivity index (χ1n) is 6.51. The molecule has 2 aromatic carbocycles. The Balaban J connectivity index is 2.55. The first-order chi connectivity index (χ1) is 9.87. The standard InChI is InChI=1S/C15H17ClN2O2S/c1-3-18(12-7-5-4-6-8-12)21(19,20)13-9-14(16)11(2)15(17)10-13/h4-10H,3,17H2,1-2H3. The molecule has 2 aromatic rings. The number of hydrogen-bond donors (Lipinski definition) is 1. The number of nitrogens with zero attached hydrogens (tertiary/aromatic N) is 1. The van der Waals surface area contributed by atoms with Gasteiger partial charge < -0.3 is 5.73 Å². The molecular weight excluding hydrogens is 308 g/mol. The number of para-hydroxylation sites is 1. The van der Waals surface area contributed by atoms with E-state index in [9.17, 15) is 8.42 Å². The van der Waals surface area contributed by atoms with Crippen molar-refractivity contribution in [3.05, 3.63) is 53.1 Å². The van der Waals surface area contributed by atoms with E-state index in [1.165, 1.54) is 16.4 Å². The summed E-state index contributed by atoms with van der Waals surface area (Å²) in [6.45, 7) is 3.85. The summed E-state index contributed by atoms with van der Waals surface area (Å²) >= 11 is 6.06. The fourth-order valence-corrected chi connectivity index (χ4v) is 3.86. The highest BCUT2D eigenvalue weighted by molar-refractivity contribution is 7.92. The Bertz CT molecular complexity index is 723. The van der Waals surface area contributed by atoms with Gasteiger partial charge in [-0.1, -0.05) is 29.8 Å². The van der Waals surface area contributed by atoms with Gasteiger partial charge in [-0.2, -0.15) is 0 Å². The van der Waals surface area contributed by atoms with Crippen LogP contribution in [0.1, 0.15) is 12.5 Å². The lowest BCUT2D eigenvalue weighted by molar-refractivity contribution is 0.592. The van der Waals surface area contributed by atoms with Gasteiger partial charge in [0.25, 0.3) is 10.0 Å². The van der Waals surface area contributed by atoms with E-state index < -0.39 is 10.0 Å². The molecular formula is C15H17ClN2O2S. The van der Waals surface area contributed by atoms with Gasteiger partial charge in [-0.3, -0.25) is 4.31 Å². The average Bonchev–Trinajstić information content (AvgIpc) is 2.45. The third-order valence-electron chi connectivity index (χ3n) is 3.28. The molecule has 0 amide bonds. The zero-order valence-corrected chi connectivity index (χ0v) is 13.4. The molecule has 0 aliphatic rings. The SMILES string of the molecule is CCN(c1ccccc1)S(=O)(=O)c1cc(N)c(C)c(Cl)c1. The number of halogens is 1. The van der Waals surface area contributed by atoms with E-state index in [-0.39, 0.29) is 4.90 Å². The Morgan fingerprint density at radius 3 is 2.33 bits per heavy atom. The molecule has 21 heavy (non-hydrogen) atoms. The Hall–Kier alpha value is -1.72. The van der Waals surface area contributed by atoms with Crippen molar-refractivity contribution in [2.24, 2.45) is 0 Å². The van der Waals surface area contributed by atoms with Crippen LogP contribution >= 0.6 is 11.6 Å². The van der Waals surface area contributed by atoms with Crippen LogP contribution in [0.4, 0.5) is 11.4 Å². The molecule has 0 saturated carbocycles. The van der Waals surface area contributed by atoms with Crippen LogP contribution in [0.25, 0.3) is 0 Å². The summed E-state index contributed by atoms with van der Waals surface area (Å²) < 4.78 is 26.9. The lowest BCUT2D eigenvalue weighted by atomic mass is 10.2. The summed E-state index contributed by atoms with van der Waals surface area (Å²) in [5.41, 5.74) is 7.48. The normalized spacial score (nSPS) is 11.4. The van der Waals surface area contributed by atoms with Gasteiger partial charge in [0.15, 0.2) is 0 Å². The van der Waals surface area contributed by atoms with Crippen LogP contribution in [0.5, 0.6) is 0 Å². The van der Waals surface area contributed by atoms with Crippen LogP contribution in [0.3, 0.4) is 0 Å². The summed E-state index contributed by atoms with van der Waals surface area (Å²) in [5.74, 6) is 0. The highest BCUT2D eigenvalue weighted by Crippen LogP contribution is 2.29. The fourth-order valence-electron chi connectivity index (χ4n) is 2.04. The van der Waals surface area contributed by atoms with E-state index in [1.807, 2.05) is 6.07 Å². The van der Waals surface area contributed by atoms with Crippen LogP contribution in [0, 0.1) is 6.92 Å². The number of nitrogens with two attached hydrogens (primary N) is 1. The maximum Gasteiger partial charge on any atom is 0.264 e. The van der Waals surface area contributed by atoms with Crippen molar-refractivity contribution in [1.82, 2.24) is 0 Å². The molecule has 0 saturated heterocycles. The van der Waals surface area contributed by atoms with E-state index in [1.54, 1.807) is 38.1 Å². The van der Waals surface area contributed by atoms with Gasteiger partial charge in [0.2, 0.25) is 0 Å². The third kappa shape index (κ3) is 2.99. The molecule has 0 aliphatic heterocycles. The molecule has 0 heterocycles. The second-order valence-electron chi connectivity index (χ2n) is 4.62. The molecule has 0 spiro atoms. The topological polar surface area (TPSA) is 63.4 Å². The van der Waals surface area contributed by atoms with E-state index in [0.717, 1.165) is 0 Å². The van der Waals surface area contributed by atoms with Crippen molar-refractivity contribution in [3.8, 4) is 0 Å². The molecule has 6 heteroatoms. The summed E-state index contributed by atoms with van der Waals surface area (Å²) in [6.07, 6.45) is 0. The van der Waals surface area contributed by atoms with Crippen molar-refractivity contribution < 1.29 is 8.42 Å². The summed E-state index contributed by atoms with van der Waals surface area (Å²) in [5, 5.41) is 0.345. The minimum absolute atomic E-state index is 0.0984. The van der Waals surface area contributed by atoms with Crippen molar-refractivity contribution in [2.45, 2.75) is 18.7 Å². The lowest BCUT2D eigenvalue weighted by Crippen LogP contribution is -2.30. The largest absolute Gasteiger partial charge is 0.398 e. The average molecular weight is 325 g/mol. The number of sulfonamides is 1. The Labute approximate surface area is 130 Å². The van der Waals surface area contributed by atoms with Crippen molar-refractivity contribution in [1.29, 1.82) is 0 Å². The Morgan fingerprint density at radius 2 is 1.81 bits per heavy atom. The monoisotopic (exact) mass is 324 g/mol. The molecule has 2 rings (SSSR count). The minimum atomic E-state index is -3.70. The smallest absolute Gasteiger partial charge is 0.264 e. The highest BCUT2D eigenvalue weighted by atomic mass is 35.5. The predicted octanol–water partition coefficient (Wildman–Crippen LogP) is 3.45. The second kappa shape index (κ2) is 5.95. The fraction of sp³-hybridized carbons (Fsp3) is 0.200. The zero-order chi connectivity index (χ0) is 15.6. The molecule has 4 nitrogen and oxygen atoms in total. The van der Waals surface area contributed by atoms with Gasteiger partial charge in [0.1, 0.15) is 0 Å². The highest BCUT2D eigenvalue weighted by Gasteiger charge is 2.24. The van der Waals surface area contributed by atoms with Crippen LogP contribution in [-0.2, 0) is 10.0 Å². The summed E-state index contributed by atoms with van der Waals surface area (Å²) in [4.78, 5) is 0.0984. The quantitative estimate of drug-likeness (QED) is 0.876. The van der Waals surface area contributed by atoms with Crippen molar-refractivity contribution in [3.63, 3.8) is 0 Å². The van der Waals surface area contributed by atoms with Gasteiger partial charge in [-0.25, -0.2) is 8.42 Å². The number of rotatable bonds is 4. The van der Waals surface area contributed by atoms with E-state index >= 15 is 0 Å². The zero-order valence-electron chi connectivity index (χ0n) is 11.9. The molecule has 0 aromatic heterocycles. The van der Waals surface area contributed by atoms with Crippen molar-refractivity contribution in [2.75, 3.05) is 16.6 Å². The lowest BCUT2D eigenvalue weighted by Gasteiger charge is -2.23. The van der Waals surface area contributed by atoms with Gasteiger partial charge in [-0.15, -0.1) is 0 Å². The second-order valence-corrected chi connectivity index (χ2v) is 6.89. The molecule has 0 unspecified atom stereocenters. The number of nitrogen functional groups attached to an aromatic ring is 1. The van der Waals surface area contributed by atoms with Crippen LogP contribution in [0.2, 0.25) is 5.02 Å². The van der Waals surface area contributed by atoms with Crippen molar-refractivity contribution >= 4 is 33.0 Å². The van der Waals surface area contributed by atoms with Crippen LogP contribution in [0.15, 0.2) is 47.4 Å². The van der Waals surface area contributed by atoms with Crippen LogP contribution in [-0.4, -0.2) is 15.0 Å². The molecule has 0 aliphatic carbocycles. The number of hydrogen-bond acceptors (Lipinski definition) is 3. The first kappa shape index (κ1) is 15.7. The minimum Gasteiger partial charge on any atom is -0.398 e. The first-order valence-corrected chi connectivity index (χ1v) is 8.33. The molecule has 0 atom stereocenters. The van der Waals surface area contributed by atoms with E-state index in [2.05, 4.69) is 0 Å². The Kier molecular flexibility index (Phi) is 4.44. The molecule has 112 valence electrons. The molecule has 0 radical (unpaired) electrons. The summed E-state index contributed by atoms with van der Waals surface area (Å²) in [7, 11) is -3.70. The molecule has 0 bridgehead atoms. The predicted molar refractivity (Wildman–Crippen MR) is 87.2 cm³/mol.